The van der Waals surface area contributed by atoms with E-state index in [1.165, 1.54) is 5.69 Å². The normalized spacial score (nSPS) is 14.9. The summed E-state index contributed by atoms with van der Waals surface area (Å²) in [7, 11) is 5.73. The van der Waals surface area contributed by atoms with Gasteiger partial charge in [-0.1, -0.05) is 71.7 Å². The summed E-state index contributed by atoms with van der Waals surface area (Å²) in [5.74, 6) is 0.640. The Morgan fingerprint density at radius 2 is 1.68 bits per heavy atom. The van der Waals surface area contributed by atoms with Crippen LogP contribution in [0, 0.1) is 0 Å². The summed E-state index contributed by atoms with van der Waals surface area (Å²) >= 11 is 14.2. The van der Waals surface area contributed by atoms with Gasteiger partial charge in [0.1, 0.15) is 0 Å². The van der Waals surface area contributed by atoms with Crippen LogP contribution in [0.1, 0.15) is 24.1 Å². The molecule has 1 aliphatic rings. The smallest absolute Gasteiger partial charge is 0.220 e. The van der Waals surface area contributed by atoms with Crippen LogP contribution in [0.25, 0.3) is 44.4 Å². The maximum atomic E-state index is 11.5. The molecule has 226 valence electrons. The van der Waals surface area contributed by atoms with Crippen LogP contribution in [0.2, 0.25) is 10.0 Å². The van der Waals surface area contributed by atoms with Crippen molar-refractivity contribution in [1.29, 1.82) is 0 Å². The maximum absolute atomic E-state index is 11.5. The van der Waals surface area contributed by atoms with Gasteiger partial charge in [0.2, 0.25) is 11.8 Å². The molecule has 6 rings (SSSR count). The standard InChI is InChI=1S/C35H35Cl2N5O2/c1-42(2)20-25-17-23-16-21(10-13-30(23)39-25)26-6-4-7-27(33(26)36)28-8-5-9-29(34(28)37)31-14-11-22(35(41-31)44-3)18-38-19-24-12-15-32(43)40-24/h4-11,13-14,16-17,24,38-39H,12,15,18-20H2,1-3H3,(H,40,43). The highest BCUT2D eigenvalue weighted by atomic mass is 35.5. The quantitative estimate of drug-likeness (QED) is 0.151. The van der Waals surface area contributed by atoms with Crippen molar-refractivity contribution < 1.29 is 9.53 Å². The molecule has 1 amide bonds. The van der Waals surface area contributed by atoms with Crippen LogP contribution in [0.15, 0.2) is 72.8 Å². The number of rotatable bonds is 10. The van der Waals surface area contributed by atoms with E-state index in [2.05, 4.69) is 58.9 Å². The molecule has 0 spiro atoms. The number of hydrogen-bond donors (Lipinski definition) is 3. The first-order valence-corrected chi connectivity index (χ1v) is 15.4. The molecule has 0 aliphatic carbocycles. The number of methoxy groups -OCH3 is 1. The average Bonchev–Trinajstić information content (AvgIpc) is 3.61. The maximum Gasteiger partial charge on any atom is 0.220 e. The number of ether oxygens (including phenoxy) is 1. The van der Waals surface area contributed by atoms with Gasteiger partial charge < -0.3 is 25.3 Å². The fourth-order valence-electron chi connectivity index (χ4n) is 5.83. The van der Waals surface area contributed by atoms with Gasteiger partial charge in [-0.25, -0.2) is 4.98 Å². The molecule has 1 saturated heterocycles. The number of H-pyrrole nitrogens is 1. The van der Waals surface area contributed by atoms with Crippen molar-refractivity contribution in [3.63, 3.8) is 0 Å². The first-order chi connectivity index (χ1) is 21.3. The summed E-state index contributed by atoms with van der Waals surface area (Å²) < 4.78 is 5.65. The molecule has 2 aromatic heterocycles. The number of halogens is 2. The Hall–Kier alpha value is -3.88. The van der Waals surface area contributed by atoms with Gasteiger partial charge in [0.15, 0.2) is 0 Å². The summed E-state index contributed by atoms with van der Waals surface area (Å²) in [6.45, 7) is 2.11. The fraction of sp³-hybridized carbons (Fsp3) is 0.257. The molecule has 1 atom stereocenters. The number of hydrogen-bond acceptors (Lipinski definition) is 5. The van der Waals surface area contributed by atoms with E-state index in [1.54, 1.807) is 7.11 Å². The molecule has 0 saturated carbocycles. The van der Waals surface area contributed by atoms with Crippen molar-refractivity contribution >= 4 is 40.0 Å². The minimum atomic E-state index is 0.111. The number of benzene rings is 3. The van der Waals surface area contributed by atoms with Crippen LogP contribution in [0.3, 0.4) is 0 Å². The third-order valence-electron chi connectivity index (χ3n) is 7.96. The zero-order chi connectivity index (χ0) is 30.8. The summed E-state index contributed by atoms with van der Waals surface area (Å²) in [6, 6.07) is 24.6. The number of carbonyl (C=O) groups excluding carboxylic acids is 1. The minimum Gasteiger partial charge on any atom is -0.481 e. The number of amides is 1. The molecule has 3 heterocycles. The third-order valence-corrected chi connectivity index (χ3v) is 8.78. The van der Waals surface area contributed by atoms with E-state index in [4.69, 9.17) is 32.9 Å². The highest BCUT2D eigenvalue weighted by molar-refractivity contribution is 6.39. The SMILES string of the molecule is COc1nc(-c2cccc(-c3cccc(-c4ccc5[nH]c(CN(C)C)cc5c4)c3Cl)c2Cl)ccc1CNCC1CCC(=O)N1. The first kappa shape index (κ1) is 30.2. The van der Waals surface area contributed by atoms with Crippen LogP contribution in [-0.2, 0) is 17.9 Å². The summed E-state index contributed by atoms with van der Waals surface area (Å²) in [5.41, 5.74) is 8.35. The number of aromatic amines is 1. The molecular formula is C35H35Cl2N5O2. The van der Waals surface area contributed by atoms with Gasteiger partial charge in [-0.05, 0) is 50.3 Å². The second-order valence-electron chi connectivity index (χ2n) is 11.5. The Balaban J connectivity index is 1.27. The van der Waals surface area contributed by atoms with E-state index in [-0.39, 0.29) is 11.9 Å². The lowest BCUT2D eigenvalue weighted by Gasteiger charge is -2.16. The van der Waals surface area contributed by atoms with E-state index in [9.17, 15) is 4.79 Å². The summed E-state index contributed by atoms with van der Waals surface area (Å²) in [6.07, 6.45) is 1.44. The molecule has 0 radical (unpaired) electrons. The Bertz CT molecular complexity index is 1830. The van der Waals surface area contributed by atoms with Gasteiger partial charge in [0, 0.05) is 76.5 Å². The van der Waals surface area contributed by atoms with Crippen LogP contribution in [-0.4, -0.2) is 54.6 Å². The molecule has 3 N–H and O–H groups in total. The lowest BCUT2D eigenvalue weighted by Crippen LogP contribution is -2.35. The van der Waals surface area contributed by atoms with Gasteiger partial charge in [-0.3, -0.25) is 4.79 Å². The molecule has 1 unspecified atom stereocenters. The van der Waals surface area contributed by atoms with Crippen LogP contribution in [0.5, 0.6) is 5.88 Å². The Kier molecular flexibility index (Phi) is 8.91. The number of nitrogens with zero attached hydrogens (tertiary/aromatic N) is 2. The Morgan fingerprint density at radius 3 is 2.39 bits per heavy atom. The predicted octanol–water partition coefficient (Wildman–Crippen LogP) is 7.31. The lowest BCUT2D eigenvalue weighted by atomic mass is 9.96. The minimum absolute atomic E-state index is 0.111. The van der Waals surface area contributed by atoms with E-state index >= 15 is 0 Å². The zero-order valence-corrected chi connectivity index (χ0v) is 26.5. The van der Waals surface area contributed by atoms with Gasteiger partial charge in [-0.2, -0.15) is 0 Å². The van der Waals surface area contributed by atoms with Gasteiger partial charge in [0.05, 0.1) is 22.8 Å². The number of carbonyl (C=O) groups is 1. The lowest BCUT2D eigenvalue weighted by molar-refractivity contribution is -0.119. The monoisotopic (exact) mass is 627 g/mol. The van der Waals surface area contributed by atoms with Crippen molar-refractivity contribution in [2.45, 2.75) is 32.0 Å². The average molecular weight is 629 g/mol. The Labute approximate surface area is 267 Å². The van der Waals surface area contributed by atoms with E-state index in [1.807, 2.05) is 48.5 Å². The van der Waals surface area contributed by atoms with Crippen molar-refractivity contribution in [2.75, 3.05) is 27.7 Å². The van der Waals surface area contributed by atoms with Crippen molar-refractivity contribution in [2.24, 2.45) is 0 Å². The third kappa shape index (κ3) is 6.33. The second kappa shape index (κ2) is 13.0. The second-order valence-corrected chi connectivity index (χ2v) is 12.2. The number of fused-ring (bicyclic) bond motifs is 1. The first-order valence-electron chi connectivity index (χ1n) is 14.7. The van der Waals surface area contributed by atoms with E-state index in [0.717, 1.165) is 57.2 Å². The number of pyridine rings is 1. The summed E-state index contributed by atoms with van der Waals surface area (Å²) in [5, 5.41) is 8.73. The van der Waals surface area contributed by atoms with E-state index in [0.29, 0.717) is 41.1 Å². The molecule has 7 nitrogen and oxygen atoms in total. The number of nitrogens with one attached hydrogen (secondary N) is 3. The van der Waals surface area contributed by atoms with Gasteiger partial charge >= 0.3 is 0 Å². The largest absolute Gasteiger partial charge is 0.481 e. The van der Waals surface area contributed by atoms with Crippen LogP contribution < -0.4 is 15.4 Å². The molecule has 5 aromatic rings. The molecule has 1 fully saturated rings. The van der Waals surface area contributed by atoms with Crippen molar-refractivity contribution in [3.8, 4) is 39.4 Å². The molecule has 1 aliphatic heterocycles. The molecular weight excluding hydrogens is 593 g/mol. The van der Waals surface area contributed by atoms with Crippen molar-refractivity contribution in [1.82, 2.24) is 25.5 Å². The van der Waals surface area contributed by atoms with E-state index < -0.39 is 0 Å². The molecule has 44 heavy (non-hydrogen) atoms. The molecule has 0 bridgehead atoms. The highest BCUT2D eigenvalue weighted by Gasteiger charge is 2.21. The van der Waals surface area contributed by atoms with Gasteiger partial charge in [0.25, 0.3) is 0 Å². The van der Waals surface area contributed by atoms with Crippen molar-refractivity contribution in [3.05, 3.63) is 94.1 Å². The van der Waals surface area contributed by atoms with Crippen LogP contribution >= 0.6 is 23.2 Å². The summed E-state index contributed by atoms with van der Waals surface area (Å²) in [4.78, 5) is 21.9. The number of aromatic nitrogens is 2. The topological polar surface area (TPSA) is 82.3 Å². The molecule has 9 heteroatoms. The zero-order valence-electron chi connectivity index (χ0n) is 25.0. The van der Waals surface area contributed by atoms with Gasteiger partial charge in [-0.15, -0.1) is 0 Å². The fourth-order valence-corrected chi connectivity index (χ4v) is 6.49. The molecule has 3 aromatic carbocycles. The van der Waals surface area contributed by atoms with Crippen LogP contribution in [0.4, 0.5) is 0 Å². The highest BCUT2D eigenvalue weighted by Crippen LogP contribution is 2.42. The predicted molar refractivity (Wildman–Crippen MR) is 179 cm³/mol. The Morgan fingerprint density at radius 1 is 0.955 bits per heavy atom.